The van der Waals surface area contributed by atoms with Crippen LogP contribution in [0.4, 0.5) is 11.4 Å². The van der Waals surface area contributed by atoms with Crippen molar-refractivity contribution in [2.75, 3.05) is 17.0 Å². The lowest BCUT2D eigenvalue weighted by Gasteiger charge is -2.36. The van der Waals surface area contributed by atoms with Crippen molar-refractivity contribution in [1.82, 2.24) is 0 Å². The molecular weight excluding hydrogens is 320 g/mol. The van der Waals surface area contributed by atoms with Crippen LogP contribution in [0, 0.1) is 0 Å². The van der Waals surface area contributed by atoms with Crippen LogP contribution in [-0.4, -0.2) is 12.7 Å². The standard InChI is InChI=1S/C19H14N2O4/c22-19-13-4-1-2-5-14(13)20-18(16-6-3-9-23-16)21(19)12-7-8-15-17(10-12)25-11-24-15/h1-10,18,20H,11H2/t18-/m0/s1. The number of nitrogens with zero attached hydrogens (tertiary/aromatic N) is 1. The summed E-state index contributed by atoms with van der Waals surface area (Å²) in [7, 11) is 0. The van der Waals surface area contributed by atoms with Crippen molar-refractivity contribution in [2.24, 2.45) is 0 Å². The molecule has 2 aliphatic heterocycles. The van der Waals surface area contributed by atoms with Gasteiger partial charge in [-0.2, -0.15) is 0 Å². The Hall–Kier alpha value is -3.41. The summed E-state index contributed by atoms with van der Waals surface area (Å²) in [6, 6.07) is 16.6. The average molecular weight is 334 g/mol. The molecule has 0 saturated carbocycles. The number of para-hydroxylation sites is 1. The Morgan fingerprint density at radius 3 is 2.76 bits per heavy atom. The highest BCUT2D eigenvalue weighted by molar-refractivity contribution is 6.12. The Morgan fingerprint density at radius 1 is 1.00 bits per heavy atom. The third-order valence-electron chi connectivity index (χ3n) is 4.37. The molecule has 25 heavy (non-hydrogen) atoms. The SMILES string of the molecule is O=C1c2ccccc2N[C@H](c2ccco2)N1c1ccc2c(c1)OCO2. The second kappa shape index (κ2) is 5.31. The van der Waals surface area contributed by atoms with Gasteiger partial charge in [0.2, 0.25) is 6.79 Å². The number of amides is 1. The summed E-state index contributed by atoms with van der Waals surface area (Å²) in [5, 5.41) is 3.39. The molecule has 0 fully saturated rings. The molecule has 3 heterocycles. The van der Waals surface area contributed by atoms with Gasteiger partial charge in [0, 0.05) is 11.8 Å². The van der Waals surface area contributed by atoms with Crippen LogP contribution in [0.1, 0.15) is 22.3 Å². The summed E-state index contributed by atoms with van der Waals surface area (Å²) in [6.45, 7) is 0.190. The summed E-state index contributed by atoms with van der Waals surface area (Å²) in [6.07, 6.45) is 1.15. The number of nitrogens with one attached hydrogen (secondary N) is 1. The number of ether oxygens (including phenoxy) is 2. The molecule has 0 bridgehead atoms. The molecule has 1 amide bonds. The fraction of sp³-hybridized carbons (Fsp3) is 0.105. The van der Waals surface area contributed by atoms with E-state index in [1.54, 1.807) is 17.2 Å². The first-order valence-corrected chi connectivity index (χ1v) is 7.93. The Bertz CT molecular complexity index is 952. The summed E-state index contributed by atoms with van der Waals surface area (Å²) in [5.74, 6) is 1.86. The summed E-state index contributed by atoms with van der Waals surface area (Å²) in [4.78, 5) is 14.9. The molecule has 0 aliphatic carbocycles. The third-order valence-corrected chi connectivity index (χ3v) is 4.37. The predicted octanol–water partition coefficient (Wildman–Crippen LogP) is 3.78. The number of benzene rings is 2. The van der Waals surface area contributed by atoms with Crippen LogP contribution < -0.4 is 19.7 Å². The number of fused-ring (bicyclic) bond motifs is 2. The first kappa shape index (κ1) is 14.0. The lowest BCUT2D eigenvalue weighted by molar-refractivity contribution is 0.0972. The summed E-state index contributed by atoms with van der Waals surface area (Å²) >= 11 is 0. The maximum Gasteiger partial charge on any atom is 0.262 e. The Balaban J connectivity index is 1.65. The second-order valence-corrected chi connectivity index (χ2v) is 5.82. The van der Waals surface area contributed by atoms with Gasteiger partial charge in [0.1, 0.15) is 5.76 Å². The van der Waals surface area contributed by atoms with E-state index in [2.05, 4.69) is 5.32 Å². The fourth-order valence-corrected chi connectivity index (χ4v) is 3.20. The quantitative estimate of drug-likeness (QED) is 0.773. The first-order valence-electron chi connectivity index (χ1n) is 7.93. The zero-order valence-corrected chi connectivity index (χ0v) is 13.1. The highest BCUT2D eigenvalue weighted by Crippen LogP contribution is 2.41. The van der Waals surface area contributed by atoms with Crippen LogP contribution in [0.15, 0.2) is 65.3 Å². The van der Waals surface area contributed by atoms with Crippen molar-refractivity contribution >= 4 is 17.3 Å². The number of hydrogen-bond donors (Lipinski definition) is 1. The highest BCUT2D eigenvalue weighted by atomic mass is 16.7. The summed E-state index contributed by atoms with van der Waals surface area (Å²) in [5.41, 5.74) is 2.10. The van der Waals surface area contributed by atoms with Crippen LogP contribution >= 0.6 is 0 Å². The molecule has 0 spiro atoms. The van der Waals surface area contributed by atoms with Crippen LogP contribution in [-0.2, 0) is 0 Å². The van der Waals surface area contributed by atoms with E-state index in [0.717, 1.165) is 5.69 Å². The van der Waals surface area contributed by atoms with E-state index in [4.69, 9.17) is 13.9 Å². The van der Waals surface area contributed by atoms with E-state index < -0.39 is 6.17 Å². The largest absolute Gasteiger partial charge is 0.465 e. The minimum absolute atomic E-state index is 0.102. The molecule has 1 aromatic heterocycles. The number of hydrogen-bond acceptors (Lipinski definition) is 5. The molecule has 3 aromatic rings. The van der Waals surface area contributed by atoms with Gasteiger partial charge < -0.3 is 19.2 Å². The van der Waals surface area contributed by atoms with Crippen molar-refractivity contribution in [3.05, 3.63) is 72.2 Å². The average Bonchev–Trinajstić information content (AvgIpc) is 3.33. The molecule has 6 heteroatoms. The highest BCUT2D eigenvalue weighted by Gasteiger charge is 2.36. The number of anilines is 2. The van der Waals surface area contributed by atoms with Crippen molar-refractivity contribution < 1.29 is 18.7 Å². The Morgan fingerprint density at radius 2 is 1.88 bits per heavy atom. The molecule has 0 radical (unpaired) electrons. The lowest BCUT2D eigenvalue weighted by Crippen LogP contribution is -2.43. The Kier molecular flexibility index (Phi) is 2.97. The summed E-state index contributed by atoms with van der Waals surface area (Å²) < 4.78 is 16.4. The van der Waals surface area contributed by atoms with Gasteiger partial charge >= 0.3 is 0 Å². The van der Waals surface area contributed by atoms with Crippen LogP contribution in [0.3, 0.4) is 0 Å². The minimum atomic E-state index is -0.447. The molecule has 0 unspecified atom stereocenters. The van der Waals surface area contributed by atoms with Gasteiger partial charge in [0.25, 0.3) is 5.91 Å². The molecular formula is C19H14N2O4. The first-order chi connectivity index (χ1) is 12.3. The van der Waals surface area contributed by atoms with Crippen LogP contribution in [0.5, 0.6) is 11.5 Å². The van der Waals surface area contributed by atoms with Crippen LogP contribution in [0.2, 0.25) is 0 Å². The predicted molar refractivity (Wildman–Crippen MR) is 90.9 cm³/mol. The molecule has 6 nitrogen and oxygen atoms in total. The maximum absolute atomic E-state index is 13.2. The number of carbonyl (C=O) groups is 1. The molecule has 5 rings (SSSR count). The van der Waals surface area contributed by atoms with Crippen molar-refractivity contribution in [1.29, 1.82) is 0 Å². The van der Waals surface area contributed by atoms with Crippen molar-refractivity contribution in [3.8, 4) is 11.5 Å². The van der Waals surface area contributed by atoms with E-state index in [1.807, 2.05) is 48.5 Å². The van der Waals surface area contributed by atoms with Gasteiger partial charge in [-0.25, -0.2) is 0 Å². The van der Waals surface area contributed by atoms with Gasteiger partial charge in [0.05, 0.1) is 17.5 Å². The zero-order chi connectivity index (χ0) is 16.8. The second-order valence-electron chi connectivity index (χ2n) is 5.82. The Labute approximate surface area is 143 Å². The zero-order valence-electron chi connectivity index (χ0n) is 13.1. The van der Waals surface area contributed by atoms with E-state index in [9.17, 15) is 4.79 Å². The van der Waals surface area contributed by atoms with Crippen molar-refractivity contribution in [2.45, 2.75) is 6.17 Å². The van der Waals surface area contributed by atoms with E-state index in [0.29, 0.717) is 28.5 Å². The van der Waals surface area contributed by atoms with E-state index in [1.165, 1.54) is 0 Å². The lowest BCUT2D eigenvalue weighted by atomic mass is 10.1. The van der Waals surface area contributed by atoms with Gasteiger partial charge in [0.15, 0.2) is 17.7 Å². The van der Waals surface area contributed by atoms with E-state index >= 15 is 0 Å². The van der Waals surface area contributed by atoms with Gasteiger partial charge in [-0.05, 0) is 36.4 Å². The van der Waals surface area contributed by atoms with E-state index in [-0.39, 0.29) is 12.7 Å². The fourth-order valence-electron chi connectivity index (χ4n) is 3.20. The smallest absolute Gasteiger partial charge is 0.262 e. The monoisotopic (exact) mass is 334 g/mol. The van der Waals surface area contributed by atoms with Crippen molar-refractivity contribution in [3.63, 3.8) is 0 Å². The topological polar surface area (TPSA) is 63.9 Å². The molecule has 0 saturated heterocycles. The molecule has 2 aliphatic rings. The molecule has 124 valence electrons. The number of rotatable bonds is 2. The minimum Gasteiger partial charge on any atom is -0.465 e. The molecule has 1 atom stereocenters. The van der Waals surface area contributed by atoms with Crippen LogP contribution in [0.25, 0.3) is 0 Å². The molecule has 1 N–H and O–H groups in total. The molecule has 2 aromatic carbocycles. The van der Waals surface area contributed by atoms with Gasteiger partial charge in [-0.15, -0.1) is 0 Å². The maximum atomic E-state index is 13.2. The normalized spacial score (nSPS) is 18.0. The number of furan rings is 1. The third kappa shape index (κ3) is 2.15. The number of carbonyl (C=O) groups excluding carboxylic acids is 1. The van der Waals surface area contributed by atoms with Gasteiger partial charge in [-0.1, -0.05) is 12.1 Å². The van der Waals surface area contributed by atoms with Gasteiger partial charge in [-0.3, -0.25) is 9.69 Å².